The molecule has 5 rings (SSSR count). The van der Waals surface area contributed by atoms with Crippen molar-refractivity contribution in [1.29, 1.82) is 0 Å². The van der Waals surface area contributed by atoms with Gasteiger partial charge in [-0.25, -0.2) is 9.18 Å². The van der Waals surface area contributed by atoms with Crippen LogP contribution in [0.5, 0.6) is 0 Å². The molecule has 194 valence electrons. The Bertz CT molecular complexity index is 954. The van der Waals surface area contributed by atoms with Crippen LogP contribution in [0.4, 0.5) is 4.39 Å². The first-order chi connectivity index (χ1) is 16.6. The van der Waals surface area contributed by atoms with Crippen molar-refractivity contribution in [2.75, 3.05) is 12.4 Å². The molecule has 0 unspecified atom stereocenters. The first-order valence-electron chi connectivity index (χ1n) is 13.5. The standard InChI is InChI=1S/C29H41FO4S/c1-18(2)27(5)13-12-23-19(3)10-11-24-20(4)26(33-29(34-27)17-28(23,24)29)35-15-7-14-32-25(31)21-8-6-9-22(30)16-21/h6,8-9,16,18-20,23-24,26H,7,10-15,17H2,1-5H3/t19-,20-,23+,24+,26+,27+,28+,29+/m1/s1. The molecule has 6 heteroatoms. The van der Waals surface area contributed by atoms with Crippen molar-refractivity contribution in [1.82, 2.24) is 0 Å². The molecule has 1 aromatic carbocycles. The molecule has 4 aliphatic rings. The van der Waals surface area contributed by atoms with Crippen molar-refractivity contribution in [2.24, 2.45) is 35.0 Å². The number of rotatable bonds is 7. The van der Waals surface area contributed by atoms with Crippen LogP contribution in [-0.2, 0) is 14.2 Å². The van der Waals surface area contributed by atoms with Crippen LogP contribution < -0.4 is 0 Å². The summed E-state index contributed by atoms with van der Waals surface area (Å²) in [6.07, 6.45) is 6.73. The molecule has 35 heavy (non-hydrogen) atoms. The molecular weight excluding hydrogens is 463 g/mol. The fraction of sp³-hybridized carbons (Fsp3) is 0.759. The number of hydrogen-bond donors (Lipinski definition) is 0. The van der Waals surface area contributed by atoms with Gasteiger partial charge in [0.15, 0.2) is 5.79 Å². The number of esters is 1. The molecule has 2 saturated carbocycles. The molecule has 0 amide bonds. The van der Waals surface area contributed by atoms with Gasteiger partial charge in [0.1, 0.15) is 11.3 Å². The molecule has 1 aromatic rings. The minimum absolute atomic E-state index is 0.0955. The van der Waals surface area contributed by atoms with Gasteiger partial charge >= 0.3 is 5.97 Å². The zero-order valence-electron chi connectivity index (χ0n) is 21.8. The Hall–Kier alpha value is -1.11. The third kappa shape index (κ3) is 4.25. The molecule has 2 aliphatic carbocycles. The van der Waals surface area contributed by atoms with E-state index >= 15 is 0 Å². The zero-order valence-corrected chi connectivity index (χ0v) is 22.7. The van der Waals surface area contributed by atoms with E-state index in [-0.39, 0.29) is 22.0 Å². The summed E-state index contributed by atoms with van der Waals surface area (Å²) in [7, 11) is 0. The van der Waals surface area contributed by atoms with Gasteiger partial charge < -0.3 is 14.2 Å². The second-order valence-electron chi connectivity index (χ2n) is 12.1. The highest BCUT2D eigenvalue weighted by molar-refractivity contribution is 7.99. The zero-order chi connectivity index (χ0) is 25.0. The topological polar surface area (TPSA) is 44.8 Å². The predicted octanol–water partition coefficient (Wildman–Crippen LogP) is 7.07. The molecule has 8 atom stereocenters. The average Bonchev–Trinajstić information content (AvgIpc) is 3.46. The van der Waals surface area contributed by atoms with Gasteiger partial charge in [-0.3, -0.25) is 0 Å². The maximum Gasteiger partial charge on any atom is 0.338 e. The van der Waals surface area contributed by atoms with Crippen molar-refractivity contribution >= 4 is 17.7 Å². The minimum Gasteiger partial charge on any atom is -0.462 e. The maximum atomic E-state index is 13.4. The van der Waals surface area contributed by atoms with Gasteiger partial charge in [0.2, 0.25) is 0 Å². The van der Waals surface area contributed by atoms with Crippen LogP contribution in [0.3, 0.4) is 0 Å². The fourth-order valence-corrected chi connectivity index (χ4v) is 8.73. The van der Waals surface area contributed by atoms with E-state index in [1.165, 1.54) is 37.5 Å². The van der Waals surface area contributed by atoms with Crippen molar-refractivity contribution in [2.45, 2.75) is 90.0 Å². The van der Waals surface area contributed by atoms with Crippen LogP contribution in [0.25, 0.3) is 0 Å². The van der Waals surface area contributed by atoms with Gasteiger partial charge in [0.25, 0.3) is 0 Å². The van der Waals surface area contributed by atoms with E-state index in [1.807, 2.05) is 11.8 Å². The summed E-state index contributed by atoms with van der Waals surface area (Å²) >= 11 is 1.84. The molecule has 4 fully saturated rings. The Morgan fingerprint density at radius 1 is 1.23 bits per heavy atom. The lowest BCUT2D eigenvalue weighted by molar-refractivity contribution is -0.294. The molecule has 4 nitrogen and oxygen atoms in total. The van der Waals surface area contributed by atoms with Crippen LogP contribution in [-0.4, -0.2) is 35.2 Å². The van der Waals surface area contributed by atoms with Crippen molar-refractivity contribution in [3.63, 3.8) is 0 Å². The van der Waals surface area contributed by atoms with E-state index in [1.54, 1.807) is 6.07 Å². The SMILES string of the molecule is CC(C)[C@]1(C)CC[C@H]2[C@H](C)CC[C@H]3[C@@H](C)[C@H](SCCCOC(=O)c4cccc(F)c4)O[C@@]4(C[C@@]324)O1. The molecule has 2 saturated heterocycles. The van der Waals surface area contributed by atoms with E-state index < -0.39 is 17.6 Å². The average molecular weight is 505 g/mol. The van der Waals surface area contributed by atoms with Gasteiger partial charge in [-0.1, -0.05) is 40.2 Å². The summed E-state index contributed by atoms with van der Waals surface area (Å²) in [5, 5.41) is 0. The Balaban J connectivity index is 1.22. The smallest absolute Gasteiger partial charge is 0.338 e. The number of thioether (sulfide) groups is 1. The summed E-state index contributed by atoms with van der Waals surface area (Å²) in [4.78, 5) is 12.2. The van der Waals surface area contributed by atoms with Crippen molar-refractivity contribution < 1.29 is 23.4 Å². The van der Waals surface area contributed by atoms with Gasteiger partial charge in [-0.15, -0.1) is 11.8 Å². The monoisotopic (exact) mass is 504 g/mol. The number of carbonyl (C=O) groups is 1. The van der Waals surface area contributed by atoms with E-state index in [0.29, 0.717) is 30.3 Å². The van der Waals surface area contributed by atoms with Gasteiger partial charge in [0.05, 0.1) is 17.8 Å². The van der Waals surface area contributed by atoms with Crippen molar-refractivity contribution in [3.05, 3.63) is 35.6 Å². The molecule has 2 aliphatic heterocycles. The Morgan fingerprint density at radius 3 is 2.77 bits per heavy atom. The summed E-state index contributed by atoms with van der Waals surface area (Å²) < 4.78 is 32.8. The Morgan fingerprint density at radius 2 is 2.03 bits per heavy atom. The lowest BCUT2D eigenvalue weighted by atomic mass is 9.58. The summed E-state index contributed by atoms with van der Waals surface area (Å²) in [5.74, 6) is 2.52. The lowest BCUT2D eigenvalue weighted by Gasteiger charge is -2.52. The highest BCUT2D eigenvalue weighted by Gasteiger charge is 2.82. The predicted molar refractivity (Wildman–Crippen MR) is 137 cm³/mol. The van der Waals surface area contributed by atoms with Crippen LogP contribution in [0.1, 0.15) is 83.5 Å². The Kier molecular flexibility index (Phi) is 6.80. The molecule has 0 N–H and O–H groups in total. The quantitative estimate of drug-likeness (QED) is 0.293. The number of hydrogen-bond acceptors (Lipinski definition) is 5. The number of benzene rings is 1. The highest BCUT2D eigenvalue weighted by atomic mass is 32.2. The van der Waals surface area contributed by atoms with E-state index in [4.69, 9.17) is 14.2 Å². The van der Waals surface area contributed by atoms with Crippen LogP contribution in [0.2, 0.25) is 0 Å². The molecule has 2 heterocycles. The first kappa shape index (κ1) is 25.5. The van der Waals surface area contributed by atoms with E-state index in [9.17, 15) is 9.18 Å². The first-order valence-corrected chi connectivity index (χ1v) is 14.6. The van der Waals surface area contributed by atoms with Gasteiger partial charge in [-0.05, 0) is 86.1 Å². The second-order valence-corrected chi connectivity index (χ2v) is 13.3. The number of ether oxygens (including phenoxy) is 3. The van der Waals surface area contributed by atoms with Crippen LogP contribution >= 0.6 is 11.8 Å². The largest absolute Gasteiger partial charge is 0.462 e. The maximum absolute atomic E-state index is 13.4. The molecular formula is C29H41FO4S. The molecule has 0 aromatic heterocycles. The second kappa shape index (κ2) is 9.33. The minimum atomic E-state index is -0.472. The molecule has 0 bridgehead atoms. The highest BCUT2D eigenvalue weighted by Crippen LogP contribution is 2.79. The normalized spacial score (nSPS) is 42.1. The Labute approximate surface area is 214 Å². The van der Waals surface area contributed by atoms with E-state index in [2.05, 4.69) is 34.6 Å². The third-order valence-corrected chi connectivity index (χ3v) is 11.2. The number of carbonyl (C=O) groups excluding carboxylic acids is 1. The van der Waals surface area contributed by atoms with Gasteiger partial charge in [-0.2, -0.15) is 0 Å². The summed E-state index contributed by atoms with van der Waals surface area (Å²) in [6, 6.07) is 5.64. The van der Waals surface area contributed by atoms with Crippen molar-refractivity contribution in [3.8, 4) is 0 Å². The van der Waals surface area contributed by atoms with E-state index in [0.717, 1.165) is 30.9 Å². The fourth-order valence-electron chi connectivity index (χ4n) is 7.50. The summed E-state index contributed by atoms with van der Waals surface area (Å²) in [5.41, 5.74) is 0.393. The van der Waals surface area contributed by atoms with Crippen LogP contribution in [0.15, 0.2) is 24.3 Å². The van der Waals surface area contributed by atoms with Crippen LogP contribution in [0, 0.1) is 40.8 Å². The van der Waals surface area contributed by atoms with Gasteiger partial charge in [0, 0.05) is 11.8 Å². The lowest BCUT2D eigenvalue weighted by Crippen LogP contribution is -2.53. The molecule has 1 spiro atoms. The third-order valence-electron chi connectivity index (χ3n) is 9.86. The molecule has 0 radical (unpaired) electrons. The summed E-state index contributed by atoms with van der Waals surface area (Å²) in [6.45, 7) is 12.0. The number of halogens is 1.